The van der Waals surface area contributed by atoms with Gasteiger partial charge in [-0.05, 0) is 77.7 Å². The smallest absolute Gasteiger partial charge is 0.225 e. The molecule has 148 valence electrons. The molecule has 0 spiro atoms. The third-order valence-electron chi connectivity index (χ3n) is 7.12. The van der Waals surface area contributed by atoms with E-state index in [4.69, 9.17) is 0 Å². The molecule has 0 atom stereocenters. The van der Waals surface area contributed by atoms with Gasteiger partial charge in [0.2, 0.25) is 5.91 Å². The van der Waals surface area contributed by atoms with Gasteiger partial charge in [-0.15, -0.1) is 0 Å². The molecule has 0 aromatic rings. The van der Waals surface area contributed by atoms with E-state index in [0.29, 0.717) is 25.2 Å². The molecular formula is C21H35FN2O2. The van der Waals surface area contributed by atoms with E-state index in [0.717, 1.165) is 64.7 Å². The predicted octanol–water partition coefficient (Wildman–Crippen LogP) is 3.44. The van der Waals surface area contributed by atoms with Crippen LogP contribution in [0.5, 0.6) is 0 Å². The summed E-state index contributed by atoms with van der Waals surface area (Å²) in [6.45, 7) is 4.95. The number of alkyl halides is 1. The highest BCUT2D eigenvalue weighted by atomic mass is 19.1. The van der Waals surface area contributed by atoms with Crippen LogP contribution >= 0.6 is 0 Å². The summed E-state index contributed by atoms with van der Waals surface area (Å²) in [5.41, 5.74) is -0.992. The number of carbonyl (C=O) groups excluding carboxylic acids is 2. The molecule has 1 saturated carbocycles. The van der Waals surface area contributed by atoms with E-state index < -0.39 is 5.67 Å². The third kappa shape index (κ3) is 4.85. The Balaban J connectivity index is 1.42. The van der Waals surface area contributed by atoms with Crippen molar-refractivity contribution < 1.29 is 14.0 Å². The molecule has 1 aliphatic carbocycles. The first-order valence-electron chi connectivity index (χ1n) is 10.5. The summed E-state index contributed by atoms with van der Waals surface area (Å²) in [7, 11) is 2.06. The summed E-state index contributed by atoms with van der Waals surface area (Å²) >= 11 is 0. The number of rotatable bonds is 4. The van der Waals surface area contributed by atoms with Crippen molar-refractivity contribution in [3.05, 3.63) is 0 Å². The Bertz CT molecular complexity index is 500. The van der Waals surface area contributed by atoms with Crippen molar-refractivity contribution >= 4 is 11.7 Å². The van der Waals surface area contributed by atoms with Gasteiger partial charge in [0.05, 0.1) is 0 Å². The molecular weight excluding hydrogens is 331 g/mol. The van der Waals surface area contributed by atoms with Crippen LogP contribution < -0.4 is 0 Å². The number of Topliss-reactive ketones (excluding diaryl/α,β-unsaturated/α-hetero) is 1. The number of carbonyl (C=O) groups is 2. The highest BCUT2D eigenvalue weighted by molar-refractivity contribution is 5.81. The van der Waals surface area contributed by atoms with Gasteiger partial charge in [-0.25, -0.2) is 4.39 Å². The lowest BCUT2D eigenvalue weighted by molar-refractivity contribution is -0.139. The van der Waals surface area contributed by atoms with E-state index in [1.807, 2.05) is 4.90 Å². The van der Waals surface area contributed by atoms with Gasteiger partial charge in [0.25, 0.3) is 0 Å². The molecule has 3 aliphatic rings. The number of nitrogens with zero attached hydrogens (tertiary/aromatic N) is 2. The fraction of sp³-hybridized carbons (Fsp3) is 0.905. The zero-order valence-corrected chi connectivity index (χ0v) is 16.5. The molecule has 0 bridgehead atoms. The van der Waals surface area contributed by atoms with Crippen molar-refractivity contribution in [2.24, 2.45) is 17.8 Å². The van der Waals surface area contributed by atoms with Gasteiger partial charge < -0.3 is 9.80 Å². The van der Waals surface area contributed by atoms with Crippen molar-refractivity contribution in [3.63, 3.8) is 0 Å². The van der Waals surface area contributed by atoms with Crippen LogP contribution in [0.1, 0.15) is 64.7 Å². The second-order valence-electron chi connectivity index (χ2n) is 9.09. The molecule has 0 aromatic heterocycles. The summed E-state index contributed by atoms with van der Waals surface area (Å²) in [5, 5.41) is 0. The third-order valence-corrected chi connectivity index (χ3v) is 7.12. The largest absolute Gasteiger partial charge is 0.342 e. The van der Waals surface area contributed by atoms with Crippen molar-refractivity contribution in [3.8, 4) is 0 Å². The number of halogens is 1. The number of hydrogen-bond acceptors (Lipinski definition) is 3. The highest BCUT2D eigenvalue weighted by Crippen LogP contribution is 2.37. The molecule has 3 fully saturated rings. The van der Waals surface area contributed by atoms with E-state index >= 15 is 4.39 Å². The minimum atomic E-state index is -0.992. The van der Waals surface area contributed by atoms with Crippen molar-refractivity contribution in [1.29, 1.82) is 0 Å². The average molecular weight is 367 g/mol. The van der Waals surface area contributed by atoms with Crippen LogP contribution in [0, 0.1) is 17.8 Å². The molecule has 3 rings (SSSR count). The van der Waals surface area contributed by atoms with E-state index in [1.54, 1.807) is 6.92 Å². The molecule has 26 heavy (non-hydrogen) atoms. The van der Waals surface area contributed by atoms with Crippen molar-refractivity contribution in [1.82, 2.24) is 9.80 Å². The summed E-state index contributed by atoms with van der Waals surface area (Å²) in [6.07, 6.45) is 7.29. The van der Waals surface area contributed by atoms with Gasteiger partial charge in [-0.1, -0.05) is 0 Å². The first-order chi connectivity index (χ1) is 12.4. The SMILES string of the molecule is CC(=O)C1CCC(C(=O)N2CCC(CC3(F)CCN(C)CC3)CC2)CC1. The average Bonchev–Trinajstić information content (AvgIpc) is 2.64. The fourth-order valence-corrected chi connectivity index (χ4v) is 5.10. The second-order valence-corrected chi connectivity index (χ2v) is 9.09. The molecule has 0 N–H and O–H groups in total. The molecule has 0 radical (unpaired) electrons. The lowest BCUT2D eigenvalue weighted by Gasteiger charge is -2.40. The van der Waals surface area contributed by atoms with Crippen LogP contribution in [-0.4, -0.2) is 60.4 Å². The molecule has 2 aliphatic heterocycles. The van der Waals surface area contributed by atoms with Crippen LogP contribution in [0.2, 0.25) is 0 Å². The standard InChI is InChI=1S/C21H35FN2O2/c1-16(25)18-3-5-19(6-4-18)20(26)24-11-7-17(8-12-24)15-21(22)9-13-23(2)14-10-21/h17-19H,3-15H2,1-2H3. The lowest BCUT2D eigenvalue weighted by Crippen LogP contribution is -2.45. The summed E-state index contributed by atoms with van der Waals surface area (Å²) in [4.78, 5) is 28.5. The molecule has 1 amide bonds. The van der Waals surface area contributed by atoms with Crippen LogP contribution in [0.15, 0.2) is 0 Å². The maximum atomic E-state index is 15.0. The van der Waals surface area contributed by atoms with Gasteiger partial charge in [0.15, 0.2) is 0 Å². The number of piperidine rings is 2. The summed E-state index contributed by atoms with van der Waals surface area (Å²) in [5.74, 6) is 1.23. The number of ketones is 1. The summed E-state index contributed by atoms with van der Waals surface area (Å²) in [6, 6.07) is 0. The maximum Gasteiger partial charge on any atom is 0.225 e. The summed E-state index contributed by atoms with van der Waals surface area (Å²) < 4.78 is 15.0. The topological polar surface area (TPSA) is 40.6 Å². The Kier molecular flexibility index (Phi) is 6.37. The maximum absolute atomic E-state index is 15.0. The molecule has 5 heteroatoms. The van der Waals surface area contributed by atoms with Crippen molar-refractivity contribution in [2.45, 2.75) is 70.4 Å². The quantitative estimate of drug-likeness (QED) is 0.765. The first-order valence-corrected chi connectivity index (χ1v) is 10.5. The van der Waals surface area contributed by atoms with Crippen LogP contribution in [0.3, 0.4) is 0 Å². The molecule has 2 heterocycles. The zero-order valence-electron chi connectivity index (χ0n) is 16.5. The highest BCUT2D eigenvalue weighted by Gasteiger charge is 2.38. The van der Waals surface area contributed by atoms with Gasteiger partial charge in [0.1, 0.15) is 11.5 Å². The van der Waals surface area contributed by atoms with E-state index in [-0.39, 0.29) is 23.5 Å². The first kappa shape index (κ1) is 19.8. The molecule has 0 aromatic carbocycles. The van der Waals surface area contributed by atoms with Gasteiger partial charge in [0, 0.05) is 38.0 Å². The lowest BCUT2D eigenvalue weighted by atomic mass is 9.78. The van der Waals surface area contributed by atoms with Gasteiger partial charge in [-0.2, -0.15) is 0 Å². The predicted molar refractivity (Wildman–Crippen MR) is 101 cm³/mol. The van der Waals surface area contributed by atoms with E-state index in [1.165, 1.54) is 0 Å². The van der Waals surface area contributed by atoms with E-state index in [2.05, 4.69) is 11.9 Å². The fourth-order valence-electron chi connectivity index (χ4n) is 5.10. The van der Waals surface area contributed by atoms with Gasteiger partial charge >= 0.3 is 0 Å². The zero-order chi connectivity index (χ0) is 18.7. The Morgan fingerprint density at radius 3 is 2.00 bits per heavy atom. The Morgan fingerprint density at radius 2 is 1.46 bits per heavy atom. The number of likely N-dealkylation sites (tertiary alicyclic amines) is 2. The van der Waals surface area contributed by atoms with Crippen molar-refractivity contribution in [2.75, 3.05) is 33.2 Å². The molecule has 0 unspecified atom stereocenters. The molecule has 2 saturated heterocycles. The Hall–Kier alpha value is -0.970. The minimum absolute atomic E-state index is 0.101. The van der Waals surface area contributed by atoms with Crippen LogP contribution in [-0.2, 0) is 9.59 Å². The van der Waals surface area contributed by atoms with Gasteiger partial charge in [-0.3, -0.25) is 9.59 Å². The second kappa shape index (κ2) is 8.37. The molecule has 4 nitrogen and oxygen atoms in total. The number of hydrogen-bond donors (Lipinski definition) is 0. The normalized spacial score (nSPS) is 31.0. The number of amides is 1. The monoisotopic (exact) mass is 366 g/mol. The van der Waals surface area contributed by atoms with Crippen LogP contribution in [0.4, 0.5) is 4.39 Å². The Morgan fingerprint density at radius 1 is 0.923 bits per heavy atom. The Labute approximate surface area is 157 Å². The van der Waals surface area contributed by atoms with E-state index in [9.17, 15) is 9.59 Å². The van der Waals surface area contributed by atoms with Crippen LogP contribution in [0.25, 0.3) is 0 Å². The minimum Gasteiger partial charge on any atom is -0.342 e.